The average Bonchev–Trinajstić information content (AvgIpc) is 3.33. The summed E-state index contributed by atoms with van der Waals surface area (Å²) >= 11 is 12.9. The minimum atomic E-state index is -0.713. The van der Waals surface area contributed by atoms with Gasteiger partial charge in [0.2, 0.25) is 0 Å². The molecule has 43 heavy (non-hydrogen) atoms. The number of halogens is 3. The molecule has 1 aliphatic heterocycles. The highest BCUT2D eigenvalue weighted by molar-refractivity contribution is 6.35. The quantitative estimate of drug-likeness (QED) is 0.309. The third kappa shape index (κ3) is 7.24. The van der Waals surface area contributed by atoms with Crippen molar-refractivity contribution in [2.24, 2.45) is 5.92 Å². The maximum absolute atomic E-state index is 13.9. The van der Waals surface area contributed by atoms with Crippen LogP contribution in [0.4, 0.5) is 9.18 Å². The number of amides is 2. The van der Waals surface area contributed by atoms with Crippen LogP contribution in [-0.4, -0.2) is 44.9 Å². The lowest BCUT2D eigenvalue weighted by molar-refractivity contribution is 0.0254. The molecule has 1 aliphatic carbocycles. The molecule has 2 aromatic carbocycles. The molecule has 1 N–H and O–H groups in total. The normalized spacial score (nSPS) is 17.5. The van der Waals surface area contributed by atoms with E-state index in [4.69, 9.17) is 33.0 Å². The first-order chi connectivity index (χ1) is 20.4. The van der Waals surface area contributed by atoms with E-state index in [1.54, 1.807) is 39.9 Å². The Hall–Kier alpha value is -3.36. The molecule has 5 rings (SSSR count). The molecule has 0 saturated heterocycles. The van der Waals surface area contributed by atoms with E-state index in [1.807, 2.05) is 33.8 Å². The Morgan fingerprint density at radius 2 is 1.77 bits per heavy atom. The van der Waals surface area contributed by atoms with Crippen molar-refractivity contribution in [3.8, 4) is 5.69 Å². The Labute approximate surface area is 262 Å². The Morgan fingerprint density at radius 3 is 2.42 bits per heavy atom. The minimum Gasteiger partial charge on any atom is -0.444 e. The van der Waals surface area contributed by atoms with Crippen LogP contribution in [0.25, 0.3) is 17.3 Å². The fourth-order valence-corrected chi connectivity index (χ4v) is 6.31. The molecule has 1 saturated carbocycles. The number of hydrogen-bond acceptors (Lipinski definition) is 4. The van der Waals surface area contributed by atoms with Crippen molar-refractivity contribution >= 4 is 46.9 Å². The fourth-order valence-electron chi connectivity index (χ4n) is 5.82. The van der Waals surface area contributed by atoms with Crippen molar-refractivity contribution in [2.45, 2.75) is 78.0 Å². The number of carbonyl (C=O) groups is 2. The second-order valence-corrected chi connectivity index (χ2v) is 13.2. The molecule has 10 heteroatoms. The van der Waals surface area contributed by atoms with Gasteiger partial charge >= 0.3 is 6.09 Å². The molecule has 3 aromatic rings. The van der Waals surface area contributed by atoms with E-state index in [0.29, 0.717) is 38.5 Å². The number of aromatic nitrogens is 2. The van der Waals surface area contributed by atoms with Crippen LogP contribution < -0.4 is 5.32 Å². The smallest absolute Gasteiger partial charge is 0.410 e. The average molecular weight is 628 g/mol. The summed E-state index contributed by atoms with van der Waals surface area (Å²) in [6.07, 6.45) is 7.04. The Morgan fingerprint density at radius 1 is 1.07 bits per heavy atom. The van der Waals surface area contributed by atoms with Crippen molar-refractivity contribution in [1.82, 2.24) is 20.0 Å². The first kappa shape index (κ1) is 31.1. The van der Waals surface area contributed by atoms with Crippen molar-refractivity contribution < 1.29 is 18.7 Å². The van der Waals surface area contributed by atoms with Gasteiger partial charge in [0.05, 0.1) is 29.5 Å². The molecular weight excluding hydrogens is 590 g/mol. The number of rotatable bonds is 5. The van der Waals surface area contributed by atoms with Crippen molar-refractivity contribution in [2.75, 3.05) is 6.54 Å². The second-order valence-electron chi connectivity index (χ2n) is 12.4. The van der Waals surface area contributed by atoms with Crippen LogP contribution in [0.2, 0.25) is 10.0 Å². The van der Waals surface area contributed by atoms with Crippen LogP contribution in [0.3, 0.4) is 0 Å². The van der Waals surface area contributed by atoms with E-state index in [2.05, 4.69) is 5.32 Å². The largest absolute Gasteiger partial charge is 0.444 e. The number of nitrogens with zero attached hydrogens (tertiary/aromatic N) is 3. The SMILES string of the molecule is C[C@@H](NC(=O)c1nn(-c2ccc(Cl)cc2Cl)c2c1CN(C(=O)OC(C)(C)C)C/C2=C\c1ccc(F)cc1)C1CCCCC1. The van der Waals surface area contributed by atoms with Crippen molar-refractivity contribution in [3.05, 3.63) is 80.8 Å². The van der Waals surface area contributed by atoms with Gasteiger partial charge in [-0.1, -0.05) is 54.6 Å². The summed E-state index contributed by atoms with van der Waals surface area (Å²) in [7, 11) is 0. The predicted octanol–water partition coefficient (Wildman–Crippen LogP) is 8.31. The zero-order valence-corrected chi connectivity index (χ0v) is 26.4. The van der Waals surface area contributed by atoms with E-state index in [0.717, 1.165) is 31.2 Å². The van der Waals surface area contributed by atoms with Crippen LogP contribution in [0.5, 0.6) is 0 Å². The third-order valence-electron chi connectivity index (χ3n) is 7.93. The Bertz CT molecular complexity index is 1540. The number of hydrogen-bond donors (Lipinski definition) is 1. The van der Waals surface area contributed by atoms with Crippen molar-refractivity contribution in [1.29, 1.82) is 0 Å². The van der Waals surface area contributed by atoms with Gasteiger partial charge in [-0.15, -0.1) is 0 Å². The van der Waals surface area contributed by atoms with E-state index >= 15 is 0 Å². The molecule has 1 aromatic heterocycles. The summed E-state index contributed by atoms with van der Waals surface area (Å²) in [6, 6.07) is 11.1. The van der Waals surface area contributed by atoms with Crippen LogP contribution >= 0.6 is 23.2 Å². The van der Waals surface area contributed by atoms with E-state index < -0.39 is 11.7 Å². The number of fused-ring (bicyclic) bond motifs is 1. The molecule has 228 valence electrons. The molecule has 0 bridgehead atoms. The lowest BCUT2D eigenvalue weighted by Gasteiger charge is -2.32. The molecule has 1 atom stereocenters. The molecular formula is C33H37Cl2FN4O3. The minimum absolute atomic E-state index is 0.0347. The van der Waals surface area contributed by atoms with Gasteiger partial charge in [0, 0.05) is 16.6 Å². The number of carbonyl (C=O) groups excluding carboxylic acids is 2. The summed E-state index contributed by atoms with van der Waals surface area (Å²) in [5.74, 6) is -0.273. The highest BCUT2D eigenvalue weighted by Crippen LogP contribution is 2.37. The van der Waals surface area contributed by atoms with E-state index in [1.165, 1.54) is 18.6 Å². The van der Waals surface area contributed by atoms with Crippen molar-refractivity contribution in [3.63, 3.8) is 0 Å². The summed E-state index contributed by atoms with van der Waals surface area (Å²) in [4.78, 5) is 28.8. The fraction of sp³-hybridized carbons (Fsp3) is 0.424. The number of ether oxygens (including phenoxy) is 1. The van der Waals surface area contributed by atoms with Gasteiger partial charge in [-0.3, -0.25) is 9.69 Å². The van der Waals surface area contributed by atoms with Gasteiger partial charge in [-0.05, 0) is 94.0 Å². The maximum Gasteiger partial charge on any atom is 0.410 e. The maximum atomic E-state index is 13.9. The van der Waals surface area contributed by atoms with Gasteiger partial charge in [-0.25, -0.2) is 13.9 Å². The lowest BCUT2D eigenvalue weighted by Crippen LogP contribution is -2.41. The van der Waals surface area contributed by atoms with Gasteiger partial charge in [-0.2, -0.15) is 5.10 Å². The molecule has 2 aliphatic rings. The first-order valence-corrected chi connectivity index (χ1v) is 15.5. The molecule has 2 amide bonds. The van der Waals surface area contributed by atoms with Gasteiger partial charge in [0.25, 0.3) is 5.91 Å². The number of nitrogens with one attached hydrogen (secondary N) is 1. The summed E-state index contributed by atoms with van der Waals surface area (Å²) in [5.41, 5.74) is 2.67. The Balaban J connectivity index is 1.64. The van der Waals surface area contributed by atoms with E-state index in [9.17, 15) is 14.0 Å². The van der Waals surface area contributed by atoms with Crippen LogP contribution in [0.1, 0.15) is 87.1 Å². The molecule has 0 unspecified atom stereocenters. The first-order valence-electron chi connectivity index (χ1n) is 14.7. The van der Waals surface area contributed by atoms with Crippen LogP contribution in [0, 0.1) is 11.7 Å². The molecule has 7 nitrogen and oxygen atoms in total. The van der Waals surface area contributed by atoms with Crippen LogP contribution in [0.15, 0.2) is 42.5 Å². The summed E-state index contributed by atoms with van der Waals surface area (Å²) < 4.78 is 21.1. The molecule has 2 heterocycles. The number of benzene rings is 2. The van der Waals surface area contributed by atoms with Crippen LogP contribution in [-0.2, 0) is 11.3 Å². The second kappa shape index (κ2) is 12.7. The van der Waals surface area contributed by atoms with E-state index in [-0.39, 0.29) is 36.5 Å². The zero-order valence-electron chi connectivity index (χ0n) is 24.9. The highest BCUT2D eigenvalue weighted by Gasteiger charge is 2.36. The van der Waals surface area contributed by atoms with Gasteiger partial charge in [0.1, 0.15) is 11.4 Å². The summed E-state index contributed by atoms with van der Waals surface area (Å²) in [5, 5.41) is 8.84. The van der Waals surface area contributed by atoms with Gasteiger partial charge in [0.15, 0.2) is 5.69 Å². The molecule has 0 radical (unpaired) electrons. The topological polar surface area (TPSA) is 76.5 Å². The highest BCUT2D eigenvalue weighted by atomic mass is 35.5. The lowest BCUT2D eigenvalue weighted by atomic mass is 9.84. The monoisotopic (exact) mass is 626 g/mol. The standard InChI is InChI=1S/C33H37Cl2FN4O3/c1-20(22-8-6-5-7-9-22)37-31(41)29-26-19-39(32(42)43-33(2,3)4)18-23(16-21-10-13-25(36)14-11-21)30(26)40(38-29)28-15-12-24(34)17-27(28)35/h10-17,20,22H,5-9,18-19H2,1-4H3,(H,37,41)/b23-16+/t20-/m1/s1. The van der Waals surface area contributed by atoms with Gasteiger partial charge < -0.3 is 10.1 Å². The molecule has 0 spiro atoms. The third-order valence-corrected chi connectivity index (χ3v) is 8.47. The molecule has 1 fully saturated rings. The zero-order chi connectivity index (χ0) is 30.9. The predicted molar refractivity (Wildman–Crippen MR) is 168 cm³/mol. The Kier molecular flexibility index (Phi) is 9.18. The summed E-state index contributed by atoms with van der Waals surface area (Å²) in [6.45, 7) is 7.75.